The van der Waals surface area contributed by atoms with Crippen LogP contribution in [-0.4, -0.2) is 0 Å². The Morgan fingerprint density at radius 2 is 2.00 bits per heavy atom. The molecule has 0 spiro atoms. The summed E-state index contributed by atoms with van der Waals surface area (Å²) in [5.74, 6) is -1.20. The van der Waals surface area contributed by atoms with Crippen molar-refractivity contribution in [1.29, 1.82) is 5.26 Å². The molecule has 0 heterocycles. The first-order chi connectivity index (χ1) is 6.68. The summed E-state index contributed by atoms with van der Waals surface area (Å²) in [7, 11) is 0. The third-order valence-corrected chi connectivity index (χ3v) is 2.87. The van der Waals surface area contributed by atoms with Gasteiger partial charge in [-0.1, -0.05) is 6.07 Å². The summed E-state index contributed by atoms with van der Waals surface area (Å²) in [6.45, 7) is 0. The van der Waals surface area contributed by atoms with Crippen LogP contribution in [0.3, 0.4) is 0 Å². The van der Waals surface area contributed by atoms with Gasteiger partial charge < -0.3 is 0 Å². The highest BCUT2D eigenvalue weighted by Crippen LogP contribution is 2.44. The van der Waals surface area contributed by atoms with Gasteiger partial charge in [0.15, 0.2) is 0 Å². The maximum absolute atomic E-state index is 13.4. The molecule has 0 aromatic heterocycles. The molecule has 1 nitrogen and oxygen atoms in total. The number of hydrogen-bond acceptors (Lipinski definition) is 1. The monoisotopic (exact) mass is 193 g/mol. The standard InChI is InChI=1S/C11H9F2N/c12-8-2-3-9(10(13)6-8)11(7-14)4-1-5-11/h2-3,6H,1,4-5H2. The van der Waals surface area contributed by atoms with E-state index >= 15 is 0 Å². The second-order valence-corrected chi connectivity index (χ2v) is 3.67. The lowest BCUT2D eigenvalue weighted by atomic mass is 9.65. The van der Waals surface area contributed by atoms with E-state index in [0.717, 1.165) is 12.5 Å². The average Bonchev–Trinajstić information content (AvgIpc) is 2.07. The lowest BCUT2D eigenvalue weighted by Crippen LogP contribution is -2.33. The molecular weight excluding hydrogens is 184 g/mol. The number of rotatable bonds is 1. The summed E-state index contributed by atoms with van der Waals surface area (Å²) in [6.07, 6.45) is 2.28. The Balaban J connectivity index is 2.46. The normalized spacial score (nSPS) is 18.4. The molecule has 2 rings (SSSR count). The number of nitrogens with zero attached hydrogens (tertiary/aromatic N) is 1. The van der Waals surface area contributed by atoms with Gasteiger partial charge >= 0.3 is 0 Å². The molecule has 0 N–H and O–H groups in total. The van der Waals surface area contributed by atoms with Crippen LogP contribution in [0.4, 0.5) is 8.78 Å². The highest BCUT2D eigenvalue weighted by atomic mass is 19.1. The van der Waals surface area contributed by atoms with E-state index in [2.05, 4.69) is 6.07 Å². The van der Waals surface area contributed by atoms with Crippen molar-refractivity contribution in [3.05, 3.63) is 35.4 Å². The zero-order valence-electron chi connectivity index (χ0n) is 7.56. The van der Waals surface area contributed by atoms with Crippen molar-refractivity contribution in [1.82, 2.24) is 0 Å². The van der Waals surface area contributed by atoms with E-state index in [1.165, 1.54) is 12.1 Å². The van der Waals surface area contributed by atoms with Gasteiger partial charge in [0.05, 0.1) is 11.5 Å². The van der Waals surface area contributed by atoms with Gasteiger partial charge in [-0.3, -0.25) is 0 Å². The summed E-state index contributed by atoms with van der Waals surface area (Å²) in [5.41, 5.74) is -0.356. The fourth-order valence-electron chi connectivity index (χ4n) is 1.85. The summed E-state index contributed by atoms with van der Waals surface area (Å²) >= 11 is 0. The van der Waals surface area contributed by atoms with Gasteiger partial charge in [0.2, 0.25) is 0 Å². The van der Waals surface area contributed by atoms with Crippen LogP contribution in [0.1, 0.15) is 24.8 Å². The molecule has 0 aliphatic heterocycles. The van der Waals surface area contributed by atoms with Crippen LogP contribution >= 0.6 is 0 Å². The van der Waals surface area contributed by atoms with Crippen LogP contribution in [0.2, 0.25) is 0 Å². The number of benzene rings is 1. The fraction of sp³-hybridized carbons (Fsp3) is 0.364. The molecule has 0 unspecified atom stereocenters. The van der Waals surface area contributed by atoms with E-state index in [1.54, 1.807) is 0 Å². The summed E-state index contributed by atoms with van der Waals surface area (Å²) in [5, 5.41) is 8.97. The molecule has 0 bridgehead atoms. The molecule has 1 saturated carbocycles. The highest BCUT2D eigenvalue weighted by Gasteiger charge is 2.40. The first kappa shape index (κ1) is 9.14. The van der Waals surface area contributed by atoms with E-state index in [4.69, 9.17) is 5.26 Å². The van der Waals surface area contributed by atoms with Crippen LogP contribution < -0.4 is 0 Å². The van der Waals surface area contributed by atoms with Crippen molar-refractivity contribution in [2.24, 2.45) is 0 Å². The molecule has 1 aliphatic carbocycles. The molecule has 1 fully saturated rings. The molecule has 72 valence electrons. The van der Waals surface area contributed by atoms with E-state index in [1.807, 2.05) is 0 Å². The Hall–Kier alpha value is -1.43. The van der Waals surface area contributed by atoms with Crippen LogP contribution in [0.5, 0.6) is 0 Å². The minimum Gasteiger partial charge on any atom is -0.207 e. The molecule has 0 saturated heterocycles. The SMILES string of the molecule is N#CC1(c2ccc(F)cc2F)CCC1. The Morgan fingerprint density at radius 1 is 1.29 bits per heavy atom. The van der Waals surface area contributed by atoms with Crippen molar-refractivity contribution in [3.8, 4) is 6.07 Å². The Morgan fingerprint density at radius 3 is 2.43 bits per heavy atom. The van der Waals surface area contributed by atoms with Crippen molar-refractivity contribution >= 4 is 0 Å². The molecule has 3 heteroatoms. The highest BCUT2D eigenvalue weighted by molar-refractivity contribution is 5.36. The maximum atomic E-state index is 13.4. The molecule has 1 aliphatic rings. The van der Waals surface area contributed by atoms with Crippen LogP contribution in [0.25, 0.3) is 0 Å². The molecule has 1 aromatic carbocycles. The van der Waals surface area contributed by atoms with Gasteiger partial charge in [-0.15, -0.1) is 0 Å². The van der Waals surface area contributed by atoms with Crippen molar-refractivity contribution in [2.75, 3.05) is 0 Å². The Bertz CT molecular complexity index is 402. The minimum atomic E-state index is -0.697. The predicted octanol–water partition coefficient (Wildman–Crippen LogP) is 2.91. The third-order valence-electron chi connectivity index (χ3n) is 2.87. The molecule has 0 atom stereocenters. The lowest BCUT2D eigenvalue weighted by molar-refractivity contribution is 0.312. The summed E-state index contributed by atoms with van der Waals surface area (Å²) < 4.78 is 26.0. The van der Waals surface area contributed by atoms with Gasteiger partial charge in [-0.05, 0) is 25.3 Å². The molecule has 0 amide bonds. The zero-order valence-corrected chi connectivity index (χ0v) is 7.56. The molecule has 1 aromatic rings. The maximum Gasteiger partial charge on any atom is 0.130 e. The van der Waals surface area contributed by atoms with Gasteiger partial charge in [0.1, 0.15) is 11.6 Å². The number of nitriles is 1. The fourth-order valence-corrected chi connectivity index (χ4v) is 1.85. The van der Waals surface area contributed by atoms with Crippen molar-refractivity contribution < 1.29 is 8.78 Å². The predicted molar refractivity (Wildman–Crippen MR) is 47.5 cm³/mol. The first-order valence-electron chi connectivity index (χ1n) is 4.55. The minimum absolute atomic E-state index is 0.340. The van der Waals surface area contributed by atoms with Gasteiger partial charge in [-0.25, -0.2) is 8.78 Å². The zero-order chi connectivity index (χ0) is 10.2. The second kappa shape index (κ2) is 3.06. The largest absolute Gasteiger partial charge is 0.207 e. The van der Waals surface area contributed by atoms with Crippen LogP contribution in [0.15, 0.2) is 18.2 Å². The molecule has 14 heavy (non-hydrogen) atoms. The van der Waals surface area contributed by atoms with E-state index in [-0.39, 0.29) is 0 Å². The summed E-state index contributed by atoms with van der Waals surface area (Å²) in [6, 6.07) is 5.56. The lowest BCUT2D eigenvalue weighted by Gasteiger charge is -2.35. The second-order valence-electron chi connectivity index (χ2n) is 3.67. The van der Waals surface area contributed by atoms with Crippen LogP contribution in [-0.2, 0) is 5.41 Å². The van der Waals surface area contributed by atoms with E-state index in [0.29, 0.717) is 18.4 Å². The van der Waals surface area contributed by atoms with E-state index < -0.39 is 17.0 Å². The number of hydrogen-bond donors (Lipinski definition) is 0. The summed E-state index contributed by atoms with van der Waals surface area (Å²) in [4.78, 5) is 0. The Labute approximate surface area is 81.0 Å². The van der Waals surface area contributed by atoms with E-state index in [9.17, 15) is 8.78 Å². The van der Waals surface area contributed by atoms with Crippen molar-refractivity contribution in [2.45, 2.75) is 24.7 Å². The van der Waals surface area contributed by atoms with Crippen molar-refractivity contribution in [3.63, 3.8) is 0 Å². The smallest absolute Gasteiger partial charge is 0.130 e. The molecule has 0 radical (unpaired) electrons. The number of halogens is 2. The van der Waals surface area contributed by atoms with Crippen LogP contribution in [0, 0.1) is 23.0 Å². The third kappa shape index (κ3) is 1.19. The Kier molecular flexibility index (Phi) is 1.99. The molecular formula is C11H9F2N. The van der Waals surface area contributed by atoms with Gasteiger partial charge in [0, 0.05) is 11.6 Å². The van der Waals surface area contributed by atoms with Gasteiger partial charge in [-0.2, -0.15) is 5.26 Å². The van der Waals surface area contributed by atoms with Gasteiger partial charge in [0.25, 0.3) is 0 Å². The average molecular weight is 193 g/mol. The first-order valence-corrected chi connectivity index (χ1v) is 4.55. The topological polar surface area (TPSA) is 23.8 Å². The quantitative estimate of drug-likeness (QED) is 0.672.